The van der Waals surface area contributed by atoms with E-state index in [1.165, 1.54) is 12.5 Å². The van der Waals surface area contributed by atoms with Gasteiger partial charge in [-0.25, -0.2) is 0 Å². The summed E-state index contributed by atoms with van der Waals surface area (Å²) >= 11 is 3.45. The fourth-order valence-corrected chi connectivity index (χ4v) is 3.81. The van der Waals surface area contributed by atoms with Gasteiger partial charge in [-0.1, -0.05) is 53.5 Å². The van der Waals surface area contributed by atoms with E-state index in [0.29, 0.717) is 36.4 Å². The Kier molecular flexibility index (Phi) is 8.79. The summed E-state index contributed by atoms with van der Waals surface area (Å²) in [7, 11) is 0. The summed E-state index contributed by atoms with van der Waals surface area (Å²) in [5, 5.41) is 24.0. The van der Waals surface area contributed by atoms with Gasteiger partial charge in [0.2, 0.25) is 0 Å². The monoisotopic (exact) mass is 500 g/mol. The number of aromatic nitrogens is 4. The number of hydrogen-bond donors (Lipinski definition) is 1. The maximum absolute atomic E-state index is 11.7. The topological polar surface area (TPSA) is 90.1 Å². The standard InChI is InChI=1S/C24H29BrN4O3/c1-3-6-21-22(13-12-20(17(2)30)24(21)31)32-14-5-4-7-23-26-28-29(27-23)16-19-10-8-18(15-25)9-11-19/h8-13,31H,3-7,14-16H2,1-2H3. The Morgan fingerprint density at radius 3 is 2.53 bits per heavy atom. The zero-order chi connectivity index (χ0) is 22.9. The van der Waals surface area contributed by atoms with Gasteiger partial charge in [-0.15, -0.1) is 10.2 Å². The fraction of sp³-hybridized carbons (Fsp3) is 0.417. The number of ether oxygens (including phenoxy) is 1. The molecule has 0 saturated carbocycles. The zero-order valence-electron chi connectivity index (χ0n) is 18.6. The van der Waals surface area contributed by atoms with Crippen LogP contribution < -0.4 is 4.74 Å². The number of rotatable bonds is 12. The number of Topliss-reactive ketones (excluding diaryl/α,β-unsaturated/α-hetero) is 1. The van der Waals surface area contributed by atoms with E-state index in [1.807, 2.05) is 6.92 Å². The third kappa shape index (κ3) is 6.38. The van der Waals surface area contributed by atoms with Gasteiger partial charge in [0.15, 0.2) is 11.6 Å². The minimum absolute atomic E-state index is 0.0412. The van der Waals surface area contributed by atoms with Crippen molar-refractivity contribution in [2.45, 2.75) is 57.8 Å². The third-order valence-electron chi connectivity index (χ3n) is 5.17. The summed E-state index contributed by atoms with van der Waals surface area (Å²) in [5.41, 5.74) is 3.41. The van der Waals surface area contributed by atoms with Crippen LogP contribution in [0.2, 0.25) is 0 Å². The summed E-state index contributed by atoms with van der Waals surface area (Å²) < 4.78 is 5.91. The van der Waals surface area contributed by atoms with Gasteiger partial charge in [-0.2, -0.15) is 4.80 Å². The number of unbranched alkanes of at least 4 members (excludes halogenated alkanes) is 1. The molecule has 0 aliphatic heterocycles. The second kappa shape index (κ2) is 11.8. The van der Waals surface area contributed by atoms with Crippen LogP contribution in [0.4, 0.5) is 0 Å². The number of alkyl halides is 1. The predicted octanol–water partition coefficient (Wildman–Crippen LogP) is 4.88. The van der Waals surface area contributed by atoms with Crippen molar-refractivity contribution in [1.82, 2.24) is 20.2 Å². The van der Waals surface area contributed by atoms with Gasteiger partial charge in [0.1, 0.15) is 11.5 Å². The number of carbonyl (C=O) groups excluding carboxylic acids is 1. The molecule has 0 unspecified atom stereocenters. The van der Waals surface area contributed by atoms with Crippen molar-refractivity contribution in [3.05, 3.63) is 64.5 Å². The van der Waals surface area contributed by atoms with Gasteiger partial charge in [-0.05, 0) is 54.7 Å². The van der Waals surface area contributed by atoms with Gasteiger partial charge < -0.3 is 9.84 Å². The molecule has 0 amide bonds. The average Bonchev–Trinajstić information content (AvgIpc) is 3.23. The highest BCUT2D eigenvalue weighted by Gasteiger charge is 2.15. The molecule has 32 heavy (non-hydrogen) atoms. The molecule has 1 heterocycles. The molecule has 3 rings (SSSR count). The first-order valence-electron chi connectivity index (χ1n) is 10.9. The van der Waals surface area contributed by atoms with Crippen molar-refractivity contribution in [2.75, 3.05) is 6.61 Å². The molecule has 170 valence electrons. The normalized spacial score (nSPS) is 11.0. The number of hydrogen-bond acceptors (Lipinski definition) is 6. The molecule has 2 aromatic carbocycles. The third-order valence-corrected chi connectivity index (χ3v) is 5.81. The maximum Gasteiger partial charge on any atom is 0.174 e. The van der Waals surface area contributed by atoms with Crippen molar-refractivity contribution in [2.24, 2.45) is 0 Å². The van der Waals surface area contributed by atoms with E-state index in [0.717, 1.165) is 42.4 Å². The molecule has 0 spiro atoms. The zero-order valence-corrected chi connectivity index (χ0v) is 20.1. The number of aromatic hydroxyl groups is 1. The Bertz CT molecular complexity index is 1030. The Morgan fingerprint density at radius 2 is 1.84 bits per heavy atom. The maximum atomic E-state index is 11.7. The van der Waals surface area contributed by atoms with Gasteiger partial charge in [0.05, 0.1) is 18.7 Å². The Morgan fingerprint density at radius 1 is 1.09 bits per heavy atom. The largest absolute Gasteiger partial charge is 0.507 e. The lowest BCUT2D eigenvalue weighted by molar-refractivity contribution is 0.101. The van der Waals surface area contributed by atoms with Crippen molar-refractivity contribution in [3.8, 4) is 11.5 Å². The van der Waals surface area contributed by atoms with E-state index < -0.39 is 0 Å². The van der Waals surface area contributed by atoms with E-state index in [-0.39, 0.29) is 11.5 Å². The van der Waals surface area contributed by atoms with Gasteiger partial charge in [-0.3, -0.25) is 4.79 Å². The van der Waals surface area contributed by atoms with E-state index in [4.69, 9.17) is 4.74 Å². The summed E-state index contributed by atoms with van der Waals surface area (Å²) in [5.74, 6) is 1.25. The van der Waals surface area contributed by atoms with Crippen molar-refractivity contribution >= 4 is 21.7 Å². The minimum atomic E-state index is -0.150. The lowest BCUT2D eigenvalue weighted by Crippen LogP contribution is -2.05. The van der Waals surface area contributed by atoms with E-state index in [9.17, 15) is 9.90 Å². The summed E-state index contributed by atoms with van der Waals surface area (Å²) in [6.45, 7) is 4.60. The van der Waals surface area contributed by atoms with Crippen molar-refractivity contribution < 1.29 is 14.6 Å². The van der Waals surface area contributed by atoms with Crippen LogP contribution >= 0.6 is 15.9 Å². The number of aryl methyl sites for hydroxylation is 1. The number of ketones is 1. The molecule has 8 heteroatoms. The van der Waals surface area contributed by atoms with Gasteiger partial charge in [0, 0.05) is 17.3 Å². The number of benzene rings is 2. The van der Waals surface area contributed by atoms with Crippen molar-refractivity contribution in [1.29, 1.82) is 0 Å². The number of tetrazole rings is 1. The summed E-state index contributed by atoms with van der Waals surface area (Å²) in [4.78, 5) is 13.3. The molecule has 0 fully saturated rings. The molecule has 0 aliphatic rings. The molecule has 7 nitrogen and oxygen atoms in total. The molecule has 0 radical (unpaired) electrons. The SMILES string of the molecule is CCCc1c(OCCCCc2nnn(Cc3ccc(CBr)cc3)n2)ccc(C(C)=O)c1O. The van der Waals surface area contributed by atoms with E-state index in [1.54, 1.807) is 16.9 Å². The molecule has 1 N–H and O–H groups in total. The first-order chi connectivity index (χ1) is 15.5. The minimum Gasteiger partial charge on any atom is -0.507 e. The fourth-order valence-electron chi connectivity index (χ4n) is 3.44. The number of carbonyl (C=O) groups is 1. The van der Waals surface area contributed by atoms with Crippen LogP contribution in [0, 0.1) is 0 Å². The van der Waals surface area contributed by atoms with Crippen molar-refractivity contribution in [3.63, 3.8) is 0 Å². The Hall–Kier alpha value is -2.74. The molecular formula is C24H29BrN4O3. The predicted molar refractivity (Wildman–Crippen MR) is 127 cm³/mol. The van der Waals surface area contributed by atoms with Crippen LogP contribution in [-0.2, 0) is 24.7 Å². The second-order valence-corrected chi connectivity index (χ2v) is 8.30. The molecule has 0 bridgehead atoms. The number of nitrogens with zero attached hydrogens (tertiary/aromatic N) is 4. The highest BCUT2D eigenvalue weighted by Crippen LogP contribution is 2.33. The summed E-state index contributed by atoms with van der Waals surface area (Å²) in [6.07, 6.45) is 3.93. The number of halogens is 1. The smallest absolute Gasteiger partial charge is 0.174 e. The van der Waals surface area contributed by atoms with Crippen LogP contribution in [0.3, 0.4) is 0 Å². The van der Waals surface area contributed by atoms with Gasteiger partial charge >= 0.3 is 0 Å². The van der Waals surface area contributed by atoms with Gasteiger partial charge in [0.25, 0.3) is 0 Å². The first kappa shape index (κ1) is 23.9. The van der Waals surface area contributed by atoms with Crippen LogP contribution in [0.5, 0.6) is 11.5 Å². The second-order valence-electron chi connectivity index (χ2n) is 7.74. The average molecular weight is 501 g/mol. The quantitative estimate of drug-likeness (QED) is 0.216. The summed E-state index contributed by atoms with van der Waals surface area (Å²) in [6, 6.07) is 11.7. The lowest BCUT2D eigenvalue weighted by atomic mass is 10.0. The Balaban J connectivity index is 1.47. The Labute approximate surface area is 196 Å². The van der Waals surface area contributed by atoms with E-state index in [2.05, 4.69) is 55.6 Å². The molecule has 3 aromatic rings. The molecule has 0 aliphatic carbocycles. The lowest BCUT2D eigenvalue weighted by Gasteiger charge is -2.14. The highest BCUT2D eigenvalue weighted by atomic mass is 79.9. The molecule has 1 aromatic heterocycles. The number of phenolic OH excluding ortho intramolecular Hbond substituents is 1. The first-order valence-corrected chi connectivity index (χ1v) is 12.0. The molecule has 0 atom stereocenters. The molecule has 0 saturated heterocycles. The van der Waals surface area contributed by atoms with Crippen LogP contribution in [-0.4, -0.2) is 37.7 Å². The van der Waals surface area contributed by atoms with E-state index >= 15 is 0 Å². The van der Waals surface area contributed by atoms with Crippen LogP contribution in [0.25, 0.3) is 0 Å². The molecular weight excluding hydrogens is 472 g/mol. The highest BCUT2D eigenvalue weighted by molar-refractivity contribution is 9.08. The van der Waals surface area contributed by atoms with Crippen LogP contribution in [0.15, 0.2) is 36.4 Å². The number of phenols is 1. The van der Waals surface area contributed by atoms with Crippen LogP contribution in [0.1, 0.15) is 66.0 Å².